The van der Waals surface area contributed by atoms with Crippen LogP contribution in [0.4, 0.5) is 5.69 Å². The third-order valence-corrected chi connectivity index (χ3v) is 5.56. The summed E-state index contributed by atoms with van der Waals surface area (Å²) in [5.74, 6) is 0.870. The molecule has 146 valence electrons. The molecule has 0 amide bonds. The molecule has 4 aromatic rings. The zero-order valence-electron chi connectivity index (χ0n) is 16.7. The van der Waals surface area contributed by atoms with Gasteiger partial charge in [0.25, 0.3) is 0 Å². The van der Waals surface area contributed by atoms with Crippen LogP contribution in [0.3, 0.4) is 0 Å². The minimum absolute atomic E-state index is 0.665. The first kappa shape index (κ1) is 19.2. The molecule has 0 bridgehead atoms. The zero-order valence-corrected chi connectivity index (χ0v) is 17.5. The predicted molar refractivity (Wildman–Crippen MR) is 121 cm³/mol. The van der Waals surface area contributed by atoms with E-state index in [-0.39, 0.29) is 0 Å². The van der Waals surface area contributed by atoms with Crippen LogP contribution in [0, 0.1) is 6.92 Å². The number of ether oxygens (including phenoxy) is 1. The predicted octanol–water partition coefficient (Wildman–Crippen LogP) is 6.20. The first-order valence-corrected chi connectivity index (χ1v) is 10.7. The van der Waals surface area contributed by atoms with E-state index in [2.05, 4.69) is 65.4 Å². The molecule has 3 nitrogen and oxygen atoms in total. The largest absolute Gasteiger partial charge is 0.494 e. The molecule has 0 fully saturated rings. The van der Waals surface area contributed by atoms with Gasteiger partial charge in [-0.05, 0) is 49.2 Å². The molecule has 0 radical (unpaired) electrons. The van der Waals surface area contributed by atoms with Crippen LogP contribution in [0.25, 0.3) is 11.3 Å². The molecular weight excluding hydrogens is 376 g/mol. The van der Waals surface area contributed by atoms with Crippen LogP contribution in [0.1, 0.15) is 18.1 Å². The van der Waals surface area contributed by atoms with E-state index in [4.69, 9.17) is 9.73 Å². The van der Waals surface area contributed by atoms with Crippen molar-refractivity contribution in [2.24, 2.45) is 4.99 Å². The number of aromatic nitrogens is 1. The van der Waals surface area contributed by atoms with Crippen molar-refractivity contribution in [1.82, 2.24) is 4.57 Å². The molecular formula is C25H24N2OS. The Labute approximate surface area is 175 Å². The first-order chi connectivity index (χ1) is 14.2. The van der Waals surface area contributed by atoms with Crippen LogP contribution < -0.4 is 9.54 Å². The summed E-state index contributed by atoms with van der Waals surface area (Å²) in [5.41, 5.74) is 5.83. The first-order valence-electron chi connectivity index (χ1n) is 9.80. The fraction of sp³-hybridized carbons (Fsp3) is 0.160. The van der Waals surface area contributed by atoms with Crippen LogP contribution in [-0.4, -0.2) is 11.2 Å². The highest BCUT2D eigenvalue weighted by molar-refractivity contribution is 7.07. The fourth-order valence-corrected chi connectivity index (χ4v) is 4.12. The van der Waals surface area contributed by atoms with Gasteiger partial charge in [-0.3, -0.25) is 0 Å². The quantitative estimate of drug-likeness (QED) is 0.378. The van der Waals surface area contributed by atoms with E-state index in [1.807, 2.05) is 37.3 Å². The van der Waals surface area contributed by atoms with E-state index in [0.29, 0.717) is 6.61 Å². The van der Waals surface area contributed by atoms with Crippen molar-refractivity contribution in [2.45, 2.75) is 20.4 Å². The Kier molecular flexibility index (Phi) is 5.92. The molecule has 3 aromatic carbocycles. The smallest absolute Gasteiger partial charge is 0.190 e. The molecule has 0 N–H and O–H groups in total. The standard InChI is InChI=1S/C25H24N2OS/c1-3-28-23-15-13-22(14-16-23)26-25-27(17-20-7-5-4-6-8-20)24(18-29-25)21-11-9-19(2)10-12-21/h4-16,18H,3,17H2,1-2H3. The third-order valence-electron chi connectivity index (χ3n) is 4.70. The average molecular weight is 401 g/mol. The van der Waals surface area contributed by atoms with Gasteiger partial charge in [-0.15, -0.1) is 11.3 Å². The molecule has 0 atom stereocenters. The van der Waals surface area contributed by atoms with Gasteiger partial charge in [-0.1, -0.05) is 60.2 Å². The molecule has 0 spiro atoms. The maximum absolute atomic E-state index is 5.54. The summed E-state index contributed by atoms with van der Waals surface area (Å²) in [4.78, 5) is 5.91. The highest BCUT2D eigenvalue weighted by Crippen LogP contribution is 2.23. The van der Waals surface area contributed by atoms with Crippen LogP contribution in [0.2, 0.25) is 0 Å². The van der Waals surface area contributed by atoms with Crippen molar-refractivity contribution in [2.75, 3.05) is 6.61 Å². The summed E-state index contributed by atoms with van der Waals surface area (Å²) in [6.07, 6.45) is 0. The van der Waals surface area contributed by atoms with Gasteiger partial charge in [0, 0.05) is 5.38 Å². The maximum Gasteiger partial charge on any atom is 0.190 e. The normalized spacial score (nSPS) is 11.6. The van der Waals surface area contributed by atoms with Gasteiger partial charge < -0.3 is 9.30 Å². The molecule has 29 heavy (non-hydrogen) atoms. The van der Waals surface area contributed by atoms with Crippen LogP contribution in [0.5, 0.6) is 5.75 Å². The average Bonchev–Trinajstić information content (AvgIpc) is 3.13. The van der Waals surface area contributed by atoms with Gasteiger partial charge in [0.05, 0.1) is 24.5 Å². The lowest BCUT2D eigenvalue weighted by atomic mass is 10.1. The van der Waals surface area contributed by atoms with Crippen molar-refractivity contribution in [3.8, 4) is 17.0 Å². The Balaban J connectivity index is 1.77. The Morgan fingerprint density at radius 1 is 0.897 bits per heavy atom. The topological polar surface area (TPSA) is 26.5 Å². The number of nitrogens with zero attached hydrogens (tertiary/aromatic N) is 2. The summed E-state index contributed by atoms with van der Waals surface area (Å²) in [6, 6.07) is 27.1. The number of aryl methyl sites for hydroxylation is 1. The number of benzene rings is 3. The van der Waals surface area contributed by atoms with E-state index in [1.165, 1.54) is 22.4 Å². The lowest BCUT2D eigenvalue weighted by Crippen LogP contribution is -2.16. The molecule has 0 aliphatic carbocycles. The van der Waals surface area contributed by atoms with Gasteiger partial charge >= 0.3 is 0 Å². The van der Waals surface area contributed by atoms with E-state index in [1.54, 1.807) is 11.3 Å². The van der Waals surface area contributed by atoms with Crippen molar-refractivity contribution in [3.05, 3.63) is 100 Å². The van der Waals surface area contributed by atoms with Crippen molar-refractivity contribution in [1.29, 1.82) is 0 Å². The summed E-state index contributed by atoms with van der Waals surface area (Å²) in [6.45, 7) is 5.55. The molecule has 1 aromatic heterocycles. The van der Waals surface area contributed by atoms with E-state index in [0.717, 1.165) is 22.8 Å². The Morgan fingerprint density at radius 2 is 1.62 bits per heavy atom. The van der Waals surface area contributed by atoms with Gasteiger partial charge in [-0.25, -0.2) is 4.99 Å². The van der Waals surface area contributed by atoms with Gasteiger partial charge in [0.1, 0.15) is 5.75 Å². The molecule has 4 heteroatoms. The van der Waals surface area contributed by atoms with Crippen LogP contribution in [-0.2, 0) is 6.54 Å². The SMILES string of the molecule is CCOc1ccc(N=c2scc(-c3ccc(C)cc3)n2Cc2ccccc2)cc1. The van der Waals surface area contributed by atoms with E-state index < -0.39 is 0 Å². The molecule has 0 aliphatic heterocycles. The lowest BCUT2D eigenvalue weighted by Gasteiger charge is -2.10. The zero-order chi connectivity index (χ0) is 20.1. The maximum atomic E-state index is 5.54. The highest BCUT2D eigenvalue weighted by Gasteiger charge is 2.09. The third kappa shape index (κ3) is 4.66. The second-order valence-corrected chi connectivity index (χ2v) is 7.72. The molecule has 1 heterocycles. The summed E-state index contributed by atoms with van der Waals surface area (Å²) in [5, 5.41) is 2.20. The minimum atomic E-state index is 0.665. The van der Waals surface area contributed by atoms with Crippen LogP contribution in [0.15, 0.2) is 89.2 Å². The second-order valence-electron chi connectivity index (χ2n) is 6.88. The Morgan fingerprint density at radius 3 is 2.31 bits per heavy atom. The molecule has 0 unspecified atom stereocenters. The van der Waals surface area contributed by atoms with Gasteiger partial charge in [0.2, 0.25) is 0 Å². The fourth-order valence-electron chi connectivity index (χ4n) is 3.19. The molecule has 0 saturated heterocycles. The Hall–Kier alpha value is -3.11. The monoisotopic (exact) mass is 400 g/mol. The number of hydrogen-bond donors (Lipinski definition) is 0. The summed E-state index contributed by atoms with van der Waals surface area (Å²) < 4.78 is 7.83. The van der Waals surface area contributed by atoms with Crippen molar-refractivity contribution >= 4 is 17.0 Å². The van der Waals surface area contributed by atoms with Gasteiger partial charge in [-0.2, -0.15) is 0 Å². The molecule has 0 saturated carbocycles. The highest BCUT2D eigenvalue weighted by atomic mass is 32.1. The number of hydrogen-bond acceptors (Lipinski definition) is 3. The second kappa shape index (κ2) is 8.93. The summed E-state index contributed by atoms with van der Waals surface area (Å²) in [7, 11) is 0. The molecule has 4 rings (SSSR count). The number of rotatable bonds is 6. The van der Waals surface area contributed by atoms with Gasteiger partial charge in [0.15, 0.2) is 4.80 Å². The van der Waals surface area contributed by atoms with Crippen molar-refractivity contribution in [3.63, 3.8) is 0 Å². The molecule has 0 aliphatic rings. The van der Waals surface area contributed by atoms with Crippen molar-refractivity contribution < 1.29 is 4.74 Å². The number of thiazole rings is 1. The summed E-state index contributed by atoms with van der Waals surface area (Å²) >= 11 is 1.67. The lowest BCUT2D eigenvalue weighted by molar-refractivity contribution is 0.340. The van der Waals surface area contributed by atoms with Crippen LogP contribution >= 0.6 is 11.3 Å². The minimum Gasteiger partial charge on any atom is -0.494 e. The van der Waals surface area contributed by atoms with E-state index in [9.17, 15) is 0 Å². The van der Waals surface area contributed by atoms with E-state index >= 15 is 0 Å². The Bertz CT molecular complexity index is 1120.